The molecule has 1 aromatic heterocycles. The number of hydrogen-bond acceptors (Lipinski definition) is 7. The number of benzene rings is 1. The molecule has 0 aliphatic carbocycles. The second-order valence-electron chi connectivity index (χ2n) is 8.33. The van der Waals surface area contributed by atoms with Crippen molar-refractivity contribution in [2.75, 3.05) is 32.2 Å². The van der Waals surface area contributed by atoms with Crippen LogP contribution in [0.25, 0.3) is 0 Å². The molecule has 4 heterocycles. The Bertz CT molecular complexity index is 964. The van der Waals surface area contributed by atoms with Crippen molar-refractivity contribution >= 4 is 17.7 Å². The Morgan fingerprint density at radius 3 is 3.00 bits per heavy atom. The molecule has 2 saturated heterocycles. The zero-order valence-electron chi connectivity index (χ0n) is 17.7. The van der Waals surface area contributed by atoms with Crippen LogP contribution in [0, 0.1) is 6.92 Å². The number of amides is 1. The molecule has 7 nitrogen and oxygen atoms in total. The SMILES string of the molecule is Cc1cnc(SCC2CCCO2)nc1C1CCCN(C(=O)c2ccc3c(c2)OCO3)C1. The van der Waals surface area contributed by atoms with Gasteiger partial charge in [-0.3, -0.25) is 4.79 Å². The molecule has 3 aliphatic rings. The van der Waals surface area contributed by atoms with E-state index in [1.165, 1.54) is 0 Å². The fourth-order valence-corrected chi connectivity index (χ4v) is 5.35. The van der Waals surface area contributed by atoms with E-state index in [0.717, 1.165) is 61.0 Å². The van der Waals surface area contributed by atoms with Crippen LogP contribution in [-0.2, 0) is 4.74 Å². The third-order valence-electron chi connectivity index (χ3n) is 6.13. The molecule has 8 heteroatoms. The lowest BCUT2D eigenvalue weighted by atomic mass is 9.92. The number of carbonyl (C=O) groups excluding carboxylic acids is 1. The number of aromatic nitrogens is 2. The molecule has 0 spiro atoms. The number of nitrogens with zero attached hydrogens (tertiary/aromatic N) is 3. The highest BCUT2D eigenvalue weighted by molar-refractivity contribution is 7.99. The van der Waals surface area contributed by atoms with Crippen LogP contribution < -0.4 is 9.47 Å². The van der Waals surface area contributed by atoms with Crippen molar-refractivity contribution in [3.05, 3.63) is 41.2 Å². The summed E-state index contributed by atoms with van der Waals surface area (Å²) in [5.74, 6) is 2.47. The lowest BCUT2D eigenvalue weighted by molar-refractivity contribution is 0.0705. The number of carbonyl (C=O) groups is 1. The molecule has 0 saturated carbocycles. The fourth-order valence-electron chi connectivity index (χ4n) is 4.46. The zero-order valence-corrected chi connectivity index (χ0v) is 18.5. The molecule has 2 fully saturated rings. The molecular formula is C23H27N3O4S. The van der Waals surface area contributed by atoms with Crippen LogP contribution in [0.3, 0.4) is 0 Å². The van der Waals surface area contributed by atoms with Crippen molar-refractivity contribution in [2.45, 2.75) is 49.8 Å². The molecule has 2 aromatic rings. The van der Waals surface area contributed by atoms with Crippen molar-refractivity contribution in [3.63, 3.8) is 0 Å². The summed E-state index contributed by atoms with van der Waals surface area (Å²) in [6.07, 6.45) is 6.47. The highest BCUT2D eigenvalue weighted by Gasteiger charge is 2.29. The summed E-state index contributed by atoms with van der Waals surface area (Å²) in [6.45, 7) is 4.55. The van der Waals surface area contributed by atoms with Crippen molar-refractivity contribution in [2.24, 2.45) is 0 Å². The minimum atomic E-state index is 0.0303. The molecule has 2 atom stereocenters. The van der Waals surface area contributed by atoms with Gasteiger partial charge in [0.05, 0.1) is 11.8 Å². The number of fused-ring (bicyclic) bond motifs is 1. The molecule has 0 bridgehead atoms. The summed E-state index contributed by atoms with van der Waals surface area (Å²) in [6, 6.07) is 5.41. The maximum Gasteiger partial charge on any atom is 0.254 e. The molecule has 5 rings (SSSR count). The van der Waals surface area contributed by atoms with E-state index in [1.807, 2.05) is 23.2 Å². The monoisotopic (exact) mass is 441 g/mol. The van der Waals surface area contributed by atoms with Gasteiger partial charge in [0, 0.05) is 43.1 Å². The number of aryl methyl sites for hydroxylation is 1. The molecule has 0 radical (unpaired) electrons. The number of piperidine rings is 1. The average molecular weight is 442 g/mol. The van der Waals surface area contributed by atoms with Crippen LogP contribution in [0.15, 0.2) is 29.6 Å². The van der Waals surface area contributed by atoms with Gasteiger partial charge in [-0.25, -0.2) is 9.97 Å². The Morgan fingerprint density at radius 1 is 1.23 bits per heavy atom. The minimum Gasteiger partial charge on any atom is -0.454 e. The first kappa shape index (κ1) is 20.6. The first-order chi connectivity index (χ1) is 15.2. The number of rotatable bonds is 5. The molecule has 1 amide bonds. The van der Waals surface area contributed by atoms with Gasteiger partial charge in [-0.15, -0.1) is 0 Å². The Balaban J connectivity index is 1.28. The maximum absolute atomic E-state index is 13.2. The molecular weight excluding hydrogens is 414 g/mol. The largest absolute Gasteiger partial charge is 0.454 e. The first-order valence-corrected chi connectivity index (χ1v) is 11.9. The van der Waals surface area contributed by atoms with Crippen LogP contribution in [0.5, 0.6) is 11.5 Å². The topological polar surface area (TPSA) is 73.8 Å². The van der Waals surface area contributed by atoms with Gasteiger partial charge >= 0.3 is 0 Å². The normalized spacial score (nSPS) is 22.7. The first-order valence-electron chi connectivity index (χ1n) is 10.9. The van der Waals surface area contributed by atoms with Crippen molar-refractivity contribution < 1.29 is 19.0 Å². The Kier molecular flexibility index (Phi) is 6.00. The molecule has 0 N–H and O–H groups in total. The molecule has 31 heavy (non-hydrogen) atoms. The number of thioether (sulfide) groups is 1. The summed E-state index contributed by atoms with van der Waals surface area (Å²) in [4.78, 5) is 24.5. The van der Waals surface area contributed by atoms with Gasteiger partial charge in [-0.05, 0) is 56.4 Å². The average Bonchev–Trinajstić information content (AvgIpc) is 3.49. The fraction of sp³-hybridized carbons (Fsp3) is 0.522. The third kappa shape index (κ3) is 4.50. The molecule has 3 aliphatic heterocycles. The Labute approximate surface area is 186 Å². The van der Waals surface area contributed by atoms with E-state index < -0.39 is 0 Å². The van der Waals surface area contributed by atoms with Gasteiger partial charge in [0.1, 0.15) is 0 Å². The van der Waals surface area contributed by atoms with Gasteiger partial charge in [0.15, 0.2) is 16.7 Å². The lowest BCUT2D eigenvalue weighted by Gasteiger charge is -2.33. The van der Waals surface area contributed by atoms with Crippen molar-refractivity contribution in [1.29, 1.82) is 0 Å². The Morgan fingerprint density at radius 2 is 2.13 bits per heavy atom. The van der Waals surface area contributed by atoms with Crippen LogP contribution >= 0.6 is 11.8 Å². The van der Waals surface area contributed by atoms with E-state index in [-0.39, 0.29) is 18.6 Å². The van der Waals surface area contributed by atoms with E-state index in [4.69, 9.17) is 19.2 Å². The van der Waals surface area contributed by atoms with Crippen molar-refractivity contribution in [3.8, 4) is 11.5 Å². The van der Waals surface area contributed by atoms with Crippen LogP contribution in [-0.4, -0.2) is 59.1 Å². The van der Waals surface area contributed by atoms with Crippen LogP contribution in [0.2, 0.25) is 0 Å². The number of likely N-dealkylation sites (tertiary alicyclic amines) is 1. The van der Waals surface area contributed by atoms with Gasteiger partial charge in [-0.2, -0.15) is 0 Å². The Hall–Kier alpha value is -2.32. The quantitative estimate of drug-likeness (QED) is 0.516. The standard InChI is InChI=1S/C23H27N3O4S/c1-15-11-24-23(31-13-18-5-3-9-28-18)25-21(15)17-4-2-8-26(12-17)22(27)16-6-7-19-20(10-16)30-14-29-19/h6-7,10-11,17-18H,2-5,8-9,12-14H2,1H3. The summed E-state index contributed by atoms with van der Waals surface area (Å²) >= 11 is 1.67. The van der Waals surface area contributed by atoms with Gasteiger partial charge in [0.2, 0.25) is 6.79 Å². The summed E-state index contributed by atoms with van der Waals surface area (Å²) in [5, 5.41) is 0.801. The van der Waals surface area contributed by atoms with Crippen LogP contribution in [0.4, 0.5) is 0 Å². The molecule has 164 valence electrons. The highest BCUT2D eigenvalue weighted by Crippen LogP contribution is 2.34. The second kappa shape index (κ2) is 9.04. The van der Waals surface area contributed by atoms with Gasteiger partial charge < -0.3 is 19.1 Å². The third-order valence-corrected chi connectivity index (χ3v) is 7.12. The highest BCUT2D eigenvalue weighted by atomic mass is 32.2. The van der Waals surface area contributed by atoms with E-state index in [1.54, 1.807) is 17.8 Å². The number of ether oxygens (including phenoxy) is 3. The number of hydrogen-bond donors (Lipinski definition) is 0. The van der Waals surface area contributed by atoms with Gasteiger partial charge in [0.25, 0.3) is 5.91 Å². The van der Waals surface area contributed by atoms with Gasteiger partial charge in [-0.1, -0.05) is 11.8 Å². The summed E-state index contributed by atoms with van der Waals surface area (Å²) < 4.78 is 16.5. The summed E-state index contributed by atoms with van der Waals surface area (Å²) in [5.41, 5.74) is 2.79. The maximum atomic E-state index is 13.2. The minimum absolute atomic E-state index is 0.0303. The summed E-state index contributed by atoms with van der Waals surface area (Å²) in [7, 11) is 0. The van der Waals surface area contributed by atoms with Crippen molar-refractivity contribution in [1.82, 2.24) is 14.9 Å². The van der Waals surface area contributed by atoms with E-state index >= 15 is 0 Å². The smallest absolute Gasteiger partial charge is 0.254 e. The zero-order chi connectivity index (χ0) is 21.2. The lowest BCUT2D eigenvalue weighted by Crippen LogP contribution is -2.39. The van der Waals surface area contributed by atoms with Crippen LogP contribution in [0.1, 0.15) is 53.2 Å². The second-order valence-corrected chi connectivity index (χ2v) is 9.31. The van der Waals surface area contributed by atoms with E-state index in [9.17, 15) is 4.79 Å². The predicted octanol–water partition coefficient (Wildman–Crippen LogP) is 3.80. The van der Waals surface area contributed by atoms with E-state index in [0.29, 0.717) is 29.7 Å². The molecule has 2 unspecified atom stereocenters. The molecule has 1 aromatic carbocycles. The van der Waals surface area contributed by atoms with E-state index in [2.05, 4.69) is 11.9 Å². The predicted molar refractivity (Wildman–Crippen MR) is 117 cm³/mol.